The monoisotopic (exact) mass is 256 g/mol. The van der Waals surface area contributed by atoms with E-state index in [1.165, 1.54) is 11.3 Å². The first-order valence-corrected chi connectivity index (χ1v) is 6.08. The van der Waals surface area contributed by atoms with E-state index < -0.39 is 0 Å². The third kappa shape index (κ3) is 2.62. The molecule has 0 aromatic carbocycles. The van der Waals surface area contributed by atoms with Gasteiger partial charge < -0.3 is 0 Å². The second-order valence-electron chi connectivity index (χ2n) is 3.55. The molecule has 2 aromatic rings. The van der Waals surface area contributed by atoms with Crippen molar-refractivity contribution in [3.63, 3.8) is 0 Å². The van der Waals surface area contributed by atoms with Crippen molar-refractivity contribution in [3.05, 3.63) is 39.3 Å². The van der Waals surface area contributed by atoms with Crippen LogP contribution in [0, 0.1) is 0 Å². The Morgan fingerprint density at radius 1 is 1.56 bits per heavy atom. The molecule has 0 bridgehead atoms. The molecule has 2 aromatic heterocycles. The number of nitrogens with one attached hydrogen (secondary N) is 1. The Labute approximate surface area is 103 Å². The van der Waals surface area contributed by atoms with Crippen LogP contribution in [-0.2, 0) is 13.5 Å². The van der Waals surface area contributed by atoms with Crippen molar-refractivity contribution in [2.24, 2.45) is 12.9 Å². The summed E-state index contributed by atoms with van der Waals surface area (Å²) in [5.74, 6) is 5.55. The summed E-state index contributed by atoms with van der Waals surface area (Å²) < 4.78 is 2.56. The number of hydrogen-bond donors (Lipinski definition) is 2. The molecule has 1 atom stereocenters. The van der Waals surface area contributed by atoms with Crippen molar-refractivity contribution >= 4 is 22.9 Å². The van der Waals surface area contributed by atoms with Crippen molar-refractivity contribution in [2.45, 2.75) is 12.5 Å². The van der Waals surface area contributed by atoms with Crippen LogP contribution < -0.4 is 11.3 Å². The summed E-state index contributed by atoms with van der Waals surface area (Å²) >= 11 is 7.43. The number of hydrogen-bond acceptors (Lipinski definition) is 4. The maximum Gasteiger partial charge on any atom is 0.0931 e. The summed E-state index contributed by atoms with van der Waals surface area (Å²) in [5, 5.41) is 4.32. The van der Waals surface area contributed by atoms with Gasteiger partial charge in [-0.2, -0.15) is 5.10 Å². The first-order chi connectivity index (χ1) is 7.69. The van der Waals surface area contributed by atoms with Gasteiger partial charge >= 0.3 is 0 Å². The molecule has 0 aliphatic carbocycles. The molecule has 0 fully saturated rings. The van der Waals surface area contributed by atoms with Gasteiger partial charge in [0.1, 0.15) is 0 Å². The third-order valence-electron chi connectivity index (χ3n) is 2.32. The molecule has 0 spiro atoms. The largest absolute Gasteiger partial charge is 0.276 e. The molecule has 0 aliphatic heterocycles. The molecule has 0 aliphatic rings. The Hall–Kier alpha value is -0.880. The van der Waals surface area contributed by atoms with Crippen LogP contribution in [-0.4, -0.2) is 9.78 Å². The van der Waals surface area contributed by atoms with Gasteiger partial charge in [-0.25, -0.2) is 0 Å². The Morgan fingerprint density at radius 3 is 2.88 bits per heavy atom. The van der Waals surface area contributed by atoms with Gasteiger partial charge in [-0.3, -0.25) is 16.0 Å². The van der Waals surface area contributed by atoms with Crippen molar-refractivity contribution in [3.8, 4) is 0 Å². The molecule has 1 unspecified atom stereocenters. The maximum absolute atomic E-state index is 5.90. The van der Waals surface area contributed by atoms with E-state index in [0.717, 1.165) is 21.3 Å². The zero-order chi connectivity index (χ0) is 11.5. The lowest BCUT2D eigenvalue weighted by Crippen LogP contribution is -2.29. The van der Waals surface area contributed by atoms with Gasteiger partial charge in [-0.05, 0) is 18.2 Å². The summed E-state index contributed by atoms with van der Waals surface area (Å²) in [5.41, 5.74) is 3.80. The minimum atomic E-state index is 0.0624. The molecule has 16 heavy (non-hydrogen) atoms. The Morgan fingerprint density at radius 2 is 2.38 bits per heavy atom. The maximum atomic E-state index is 5.90. The first kappa shape index (κ1) is 11.6. The number of rotatable bonds is 4. The van der Waals surface area contributed by atoms with Crippen LogP contribution in [0.3, 0.4) is 0 Å². The topological polar surface area (TPSA) is 55.9 Å². The quantitative estimate of drug-likeness (QED) is 0.649. The molecule has 3 N–H and O–H groups in total. The summed E-state index contributed by atoms with van der Waals surface area (Å²) in [7, 11) is 1.90. The number of thiophene rings is 1. The zero-order valence-corrected chi connectivity index (χ0v) is 10.4. The van der Waals surface area contributed by atoms with Crippen LogP contribution >= 0.6 is 22.9 Å². The van der Waals surface area contributed by atoms with Crippen LogP contribution in [0.1, 0.15) is 16.6 Å². The van der Waals surface area contributed by atoms with Crippen LogP contribution in [0.25, 0.3) is 0 Å². The minimum Gasteiger partial charge on any atom is -0.276 e. The van der Waals surface area contributed by atoms with Crippen LogP contribution in [0.5, 0.6) is 0 Å². The lowest BCUT2D eigenvalue weighted by atomic mass is 10.1. The van der Waals surface area contributed by atoms with E-state index >= 15 is 0 Å². The van der Waals surface area contributed by atoms with E-state index in [1.807, 2.05) is 31.4 Å². The van der Waals surface area contributed by atoms with Crippen molar-refractivity contribution in [1.82, 2.24) is 15.2 Å². The van der Waals surface area contributed by atoms with Crippen molar-refractivity contribution in [1.29, 1.82) is 0 Å². The Balaban J connectivity index is 2.12. The SMILES string of the molecule is Cn1ccc(CC(NN)c2ccc(Cl)s2)n1. The average Bonchev–Trinajstić information content (AvgIpc) is 2.84. The fourth-order valence-corrected chi connectivity index (χ4v) is 2.66. The van der Waals surface area contributed by atoms with E-state index in [4.69, 9.17) is 17.4 Å². The van der Waals surface area contributed by atoms with Crippen LogP contribution in [0.15, 0.2) is 24.4 Å². The van der Waals surface area contributed by atoms with E-state index in [9.17, 15) is 0 Å². The average molecular weight is 257 g/mol. The van der Waals surface area contributed by atoms with Gasteiger partial charge in [0.05, 0.1) is 16.1 Å². The highest BCUT2D eigenvalue weighted by Crippen LogP contribution is 2.28. The predicted octanol–water partition coefficient (Wildman–Crippen LogP) is 1.88. The smallest absolute Gasteiger partial charge is 0.0931 e. The van der Waals surface area contributed by atoms with Crippen LogP contribution in [0.4, 0.5) is 0 Å². The molecule has 2 rings (SSSR count). The third-order valence-corrected chi connectivity index (χ3v) is 3.67. The number of aromatic nitrogens is 2. The van der Waals surface area contributed by atoms with Crippen LogP contribution in [0.2, 0.25) is 4.34 Å². The molecule has 6 heteroatoms. The Kier molecular flexibility index (Phi) is 3.60. The summed E-state index contributed by atoms with van der Waals surface area (Å²) in [6.45, 7) is 0. The predicted molar refractivity (Wildman–Crippen MR) is 66.3 cm³/mol. The number of halogens is 1. The molecule has 0 saturated carbocycles. The fraction of sp³-hybridized carbons (Fsp3) is 0.300. The fourth-order valence-electron chi connectivity index (χ4n) is 1.54. The van der Waals surface area contributed by atoms with E-state index in [1.54, 1.807) is 4.68 Å². The summed E-state index contributed by atoms with van der Waals surface area (Å²) in [6.07, 6.45) is 2.68. The second kappa shape index (κ2) is 4.97. The molecule has 0 saturated heterocycles. The zero-order valence-electron chi connectivity index (χ0n) is 8.85. The highest BCUT2D eigenvalue weighted by atomic mass is 35.5. The first-order valence-electron chi connectivity index (χ1n) is 4.89. The van der Waals surface area contributed by atoms with Crippen molar-refractivity contribution < 1.29 is 0 Å². The highest BCUT2D eigenvalue weighted by Gasteiger charge is 2.14. The Bertz CT molecular complexity index is 465. The number of hydrazine groups is 1. The molecule has 0 amide bonds. The van der Waals surface area contributed by atoms with Gasteiger partial charge in [-0.1, -0.05) is 11.6 Å². The van der Waals surface area contributed by atoms with Gasteiger partial charge in [0.25, 0.3) is 0 Å². The lowest BCUT2D eigenvalue weighted by molar-refractivity contribution is 0.549. The second-order valence-corrected chi connectivity index (χ2v) is 5.29. The highest BCUT2D eigenvalue weighted by molar-refractivity contribution is 7.16. The molecule has 86 valence electrons. The number of nitrogens with two attached hydrogens (primary N) is 1. The molecule has 0 radical (unpaired) electrons. The standard InChI is InChI=1S/C10H13ClN4S/c1-15-5-4-7(14-15)6-8(13-12)9-2-3-10(11)16-9/h2-5,8,13H,6,12H2,1H3. The van der Waals surface area contributed by atoms with E-state index in [0.29, 0.717) is 0 Å². The molecule has 4 nitrogen and oxygen atoms in total. The van der Waals surface area contributed by atoms with Gasteiger partial charge in [0.15, 0.2) is 0 Å². The summed E-state index contributed by atoms with van der Waals surface area (Å²) in [4.78, 5) is 1.12. The lowest BCUT2D eigenvalue weighted by Gasteiger charge is -2.12. The summed E-state index contributed by atoms with van der Waals surface area (Å²) in [6, 6.07) is 5.91. The van der Waals surface area contributed by atoms with E-state index in [2.05, 4.69) is 10.5 Å². The number of nitrogens with zero attached hydrogens (tertiary/aromatic N) is 2. The minimum absolute atomic E-state index is 0.0624. The van der Waals surface area contributed by atoms with Gasteiger partial charge in [-0.15, -0.1) is 11.3 Å². The normalized spacial score (nSPS) is 12.9. The van der Waals surface area contributed by atoms with Gasteiger partial charge in [0.2, 0.25) is 0 Å². The van der Waals surface area contributed by atoms with E-state index in [-0.39, 0.29) is 6.04 Å². The number of aryl methyl sites for hydroxylation is 1. The van der Waals surface area contributed by atoms with Gasteiger partial charge in [0, 0.05) is 24.5 Å². The molecular weight excluding hydrogens is 244 g/mol. The van der Waals surface area contributed by atoms with Crippen molar-refractivity contribution in [2.75, 3.05) is 0 Å². The molecule has 2 heterocycles. The molecular formula is C10H13ClN4S.